The molecule has 0 radical (unpaired) electrons. The lowest BCUT2D eigenvalue weighted by Gasteiger charge is -2.04. The first-order valence-corrected chi connectivity index (χ1v) is 7.81. The van der Waals surface area contributed by atoms with Crippen LogP contribution in [0.4, 0.5) is 0 Å². The number of hydrogen-bond acceptors (Lipinski definition) is 3. The highest BCUT2D eigenvalue weighted by Crippen LogP contribution is 2.05. The van der Waals surface area contributed by atoms with Gasteiger partial charge in [-0.25, -0.2) is 4.98 Å². The summed E-state index contributed by atoms with van der Waals surface area (Å²) in [6.07, 6.45) is 9.79. The smallest absolute Gasteiger partial charge is 0.164 e. The van der Waals surface area contributed by atoms with E-state index in [1.165, 1.54) is 38.5 Å². The van der Waals surface area contributed by atoms with E-state index in [4.69, 9.17) is 0 Å². The maximum absolute atomic E-state index is 4.48. The normalized spacial score (nSPS) is 11.4. The van der Waals surface area contributed by atoms with Crippen LogP contribution in [0.2, 0.25) is 0 Å². The molecule has 0 aliphatic heterocycles. The lowest BCUT2D eigenvalue weighted by molar-refractivity contribution is 0.514. The van der Waals surface area contributed by atoms with Crippen LogP contribution in [0.25, 0.3) is 0 Å². The second kappa shape index (κ2) is 9.96. The van der Waals surface area contributed by atoms with E-state index in [0.717, 1.165) is 25.5 Å². The van der Waals surface area contributed by atoms with Crippen LogP contribution in [0.1, 0.15) is 65.1 Å². The SMILES string of the molecule is CCCCCCCCn1cnc(CNCC(C)C)n1. The van der Waals surface area contributed by atoms with Crippen LogP contribution in [0, 0.1) is 5.92 Å². The second-order valence-electron chi connectivity index (χ2n) is 5.72. The Morgan fingerprint density at radius 2 is 1.89 bits per heavy atom. The van der Waals surface area contributed by atoms with Gasteiger partial charge in [-0.1, -0.05) is 52.9 Å². The first-order valence-electron chi connectivity index (χ1n) is 7.81. The number of aromatic nitrogens is 3. The minimum atomic E-state index is 0.671. The van der Waals surface area contributed by atoms with Crippen molar-refractivity contribution in [3.05, 3.63) is 12.2 Å². The number of unbranched alkanes of at least 4 members (excludes halogenated alkanes) is 5. The molecule has 0 aliphatic carbocycles. The molecule has 1 N–H and O–H groups in total. The van der Waals surface area contributed by atoms with Crippen molar-refractivity contribution in [1.29, 1.82) is 0 Å². The van der Waals surface area contributed by atoms with Crippen molar-refractivity contribution in [3.8, 4) is 0 Å². The van der Waals surface area contributed by atoms with Crippen LogP contribution in [0.5, 0.6) is 0 Å². The molecule has 19 heavy (non-hydrogen) atoms. The highest BCUT2D eigenvalue weighted by atomic mass is 15.3. The largest absolute Gasteiger partial charge is 0.310 e. The Morgan fingerprint density at radius 3 is 2.63 bits per heavy atom. The summed E-state index contributed by atoms with van der Waals surface area (Å²) in [4.78, 5) is 4.33. The van der Waals surface area contributed by atoms with Gasteiger partial charge in [0, 0.05) is 6.54 Å². The fourth-order valence-electron chi connectivity index (χ4n) is 2.05. The third-order valence-corrected chi connectivity index (χ3v) is 3.16. The zero-order valence-electron chi connectivity index (χ0n) is 12.9. The third kappa shape index (κ3) is 7.98. The first kappa shape index (κ1) is 16.2. The number of nitrogens with zero attached hydrogens (tertiary/aromatic N) is 3. The summed E-state index contributed by atoms with van der Waals surface area (Å²) in [5.74, 6) is 1.58. The Morgan fingerprint density at radius 1 is 1.16 bits per heavy atom. The molecule has 0 aliphatic rings. The highest BCUT2D eigenvalue weighted by molar-refractivity contribution is 4.80. The quantitative estimate of drug-likeness (QED) is 0.624. The van der Waals surface area contributed by atoms with Gasteiger partial charge in [0.1, 0.15) is 6.33 Å². The topological polar surface area (TPSA) is 42.7 Å². The molecule has 4 nitrogen and oxygen atoms in total. The molecule has 0 saturated heterocycles. The van der Waals surface area contributed by atoms with Gasteiger partial charge in [-0.15, -0.1) is 0 Å². The van der Waals surface area contributed by atoms with E-state index in [1.54, 1.807) is 0 Å². The minimum absolute atomic E-state index is 0.671. The lowest BCUT2D eigenvalue weighted by Crippen LogP contribution is -2.19. The average molecular weight is 266 g/mol. The van der Waals surface area contributed by atoms with Gasteiger partial charge in [-0.2, -0.15) is 5.10 Å². The summed E-state index contributed by atoms with van der Waals surface area (Å²) in [5, 5.41) is 7.85. The predicted molar refractivity (Wildman–Crippen MR) is 79.9 cm³/mol. The Balaban J connectivity index is 2.09. The van der Waals surface area contributed by atoms with Gasteiger partial charge >= 0.3 is 0 Å². The molecule has 0 spiro atoms. The Kier molecular flexibility index (Phi) is 8.47. The zero-order chi connectivity index (χ0) is 13.9. The van der Waals surface area contributed by atoms with Gasteiger partial charge in [0.05, 0.1) is 6.54 Å². The molecule has 4 heteroatoms. The minimum Gasteiger partial charge on any atom is -0.310 e. The molecular formula is C15H30N4. The molecule has 1 rings (SSSR count). The summed E-state index contributed by atoms with van der Waals surface area (Å²) in [6, 6.07) is 0. The van der Waals surface area contributed by atoms with Crippen molar-refractivity contribution in [1.82, 2.24) is 20.1 Å². The van der Waals surface area contributed by atoms with Crippen molar-refractivity contribution in [3.63, 3.8) is 0 Å². The number of aryl methyl sites for hydroxylation is 1. The first-order chi connectivity index (χ1) is 9.22. The summed E-state index contributed by atoms with van der Waals surface area (Å²) in [7, 11) is 0. The van der Waals surface area contributed by atoms with Crippen LogP contribution in [0.15, 0.2) is 6.33 Å². The van der Waals surface area contributed by atoms with Gasteiger partial charge in [-0.05, 0) is 18.9 Å². The molecule has 0 unspecified atom stereocenters. The Bertz CT molecular complexity index is 320. The standard InChI is InChI=1S/C15H30N4/c1-4-5-6-7-8-9-10-19-13-17-15(18-19)12-16-11-14(2)3/h13-14,16H,4-12H2,1-3H3. The van der Waals surface area contributed by atoms with E-state index >= 15 is 0 Å². The third-order valence-electron chi connectivity index (χ3n) is 3.16. The van der Waals surface area contributed by atoms with Crippen LogP contribution in [-0.4, -0.2) is 21.3 Å². The Hall–Kier alpha value is -0.900. The molecule has 0 fully saturated rings. The summed E-state index contributed by atoms with van der Waals surface area (Å²) in [6.45, 7) is 9.47. The monoisotopic (exact) mass is 266 g/mol. The van der Waals surface area contributed by atoms with Gasteiger partial charge < -0.3 is 5.32 Å². The lowest BCUT2D eigenvalue weighted by atomic mass is 10.1. The van der Waals surface area contributed by atoms with Gasteiger partial charge in [0.15, 0.2) is 5.82 Å². The van der Waals surface area contributed by atoms with E-state index in [2.05, 4.69) is 36.2 Å². The number of rotatable bonds is 11. The Labute approximate surface area is 118 Å². The molecule has 0 bridgehead atoms. The van der Waals surface area contributed by atoms with Gasteiger partial charge in [0.2, 0.25) is 0 Å². The second-order valence-corrected chi connectivity index (χ2v) is 5.72. The van der Waals surface area contributed by atoms with Crippen LogP contribution < -0.4 is 5.32 Å². The summed E-state index contributed by atoms with van der Waals surface area (Å²) < 4.78 is 1.98. The van der Waals surface area contributed by atoms with Gasteiger partial charge in [0.25, 0.3) is 0 Å². The van der Waals surface area contributed by atoms with Gasteiger partial charge in [-0.3, -0.25) is 4.68 Å². The van der Waals surface area contributed by atoms with E-state index < -0.39 is 0 Å². The highest BCUT2D eigenvalue weighted by Gasteiger charge is 2.01. The molecular weight excluding hydrogens is 236 g/mol. The number of hydrogen-bond donors (Lipinski definition) is 1. The van der Waals surface area contributed by atoms with E-state index in [9.17, 15) is 0 Å². The molecule has 0 aromatic carbocycles. The molecule has 0 amide bonds. The average Bonchev–Trinajstić information content (AvgIpc) is 2.81. The van der Waals surface area contributed by atoms with Crippen molar-refractivity contribution >= 4 is 0 Å². The van der Waals surface area contributed by atoms with Crippen LogP contribution in [-0.2, 0) is 13.1 Å². The maximum Gasteiger partial charge on any atom is 0.164 e. The number of nitrogens with one attached hydrogen (secondary N) is 1. The van der Waals surface area contributed by atoms with E-state index in [-0.39, 0.29) is 0 Å². The fraction of sp³-hybridized carbons (Fsp3) is 0.867. The molecule has 1 aromatic heterocycles. The van der Waals surface area contributed by atoms with Crippen molar-refractivity contribution in [2.45, 2.75) is 72.4 Å². The van der Waals surface area contributed by atoms with Crippen molar-refractivity contribution < 1.29 is 0 Å². The summed E-state index contributed by atoms with van der Waals surface area (Å²) in [5.41, 5.74) is 0. The molecule has 0 atom stereocenters. The van der Waals surface area contributed by atoms with Crippen molar-refractivity contribution in [2.24, 2.45) is 5.92 Å². The zero-order valence-corrected chi connectivity index (χ0v) is 12.9. The summed E-state index contributed by atoms with van der Waals surface area (Å²) >= 11 is 0. The molecule has 1 aromatic rings. The van der Waals surface area contributed by atoms with Crippen LogP contribution >= 0.6 is 0 Å². The molecule has 110 valence electrons. The van der Waals surface area contributed by atoms with E-state index in [1.807, 2.05) is 11.0 Å². The fourth-order valence-corrected chi connectivity index (χ4v) is 2.05. The molecule has 0 saturated carbocycles. The van der Waals surface area contributed by atoms with E-state index in [0.29, 0.717) is 5.92 Å². The molecule has 1 heterocycles. The van der Waals surface area contributed by atoms with Crippen molar-refractivity contribution in [2.75, 3.05) is 6.54 Å². The maximum atomic E-state index is 4.48. The predicted octanol–water partition coefficient (Wildman–Crippen LogP) is 3.38. The van der Waals surface area contributed by atoms with Crippen LogP contribution in [0.3, 0.4) is 0 Å².